The van der Waals surface area contributed by atoms with E-state index in [9.17, 15) is 9.59 Å². The number of nitrogens with zero attached hydrogens (tertiary/aromatic N) is 1. The van der Waals surface area contributed by atoms with Gasteiger partial charge in [0.1, 0.15) is 5.75 Å². The zero-order valence-electron chi connectivity index (χ0n) is 14.9. The predicted molar refractivity (Wildman–Crippen MR) is 104 cm³/mol. The van der Waals surface area contributed by atoms with Crippen LogP contribution in [-0.2, 0) is 14.3 Å². The summed E-state index contributed by atoms with van der Waals surface area (Å²) < 4.78 is 11.3. The molecule has 2 aromatic rings. The number of fused-ring (bicyclic) bond motifs is 1. The molecule has 1 amide bonds. The van der Waals surface area contributed by atoms with E-state index in [1.165, 1.54) is 0 Å². The van der Waals surface area contributed by atoms with E-state index in [1.807, 2.05) is 30.3 Å². The monoisotopic (exact) mass is 420 g/mol. The number of nitrogens with one attached hydrogen (secondary N) is 1. The van der Waals surface area contributed by atoms with E-state index >= 15 is 0 Å². The highest BCUT2D eigenvalue weighted by molar-refractivity contribution is 9.10. The van der Waals surface area contributed by atoms with Crippen molar-refractivity contribution in [3.63, 3.8) is 0 Å². The number of hydrogen-bond donors (Lipinski definition) is 1. The van der Waals surface area contributed by atoms with Crippen LogP contribution in [0.3, 0.4) is 0 Å². The normalized spacial score (nSPS) is 12.5. The van der Waals surface area contributed by atoms with E-state index in [-0.39, 0.29) is 12.6 Å². The highest BCUT2D eigenvalue weighted by Gasteiger charge is 2.17. The first kappa shape index (κ1) is 19.9. The summed E-state index contributed by atoms with van der Waals surface area (Å²) in [6.45, 7) is 5.17. The lowest BCUT2D eigenvalue weighted by Gasteiger charge is -2.11. The van der Waals surface area contributed by atoms with Gasteiger partial charge in [0.25, 0.3) is 5.91 Å². The number of hydrazone groups is 1. The van der Waals surface area contributed by atoms with E-state index in [1.54, 1.807) is 26.8 Å². The number of esters is 1. The minimum absolute atomic E-state index is 0.193. The Morgan fingerprint density at radius 1 is 1.23 bits per heavy atom. The molecule has 0 aliphatic carbocycles. The van der Waals surface area contributed by atoms with Crippen molar-refractivity contribution in [2.45, 2.75) is 20.8 Å². The maximum Gasteiger partial charge on any atom is 0.314 e. The maximum atomic E-state index is 11.9. The number of amides is 1. The largest absolute Gasteiger partial charge is 0.483 e. The molecule has 0 aliphatic heterocycles. The van der Waals surface area contributed by atoms with Gasteiger partial charge in [0.2, 0.25) is 0 Å². The Bertz CT molecular complexity index is 835. The fourth-order valence-electron chi connectivity index (χ4n) is 2.19. The highest BCUT2D eigenvalue weighted by atomic mass is 79.9. The van der Waals surface area contributed by atoms with Gasteiger partial charge in [-0.3, -0.25) is 9.59 Å². The third-order valence-electron chi connectivity index (χ3n) is 3.81. The molecule has 0 saturated heterocycles. The zero-order valence-corrected chi connectivity index (χ0v) is 16.5. The van der Waals surface area contributed by atoms with Gasteiger partial charge in [0.15, 0.2) is 6.61 Å². The smallest absolute Gasteiger partial charge is 0.314 e. The second-order valence-electron chi connectivity index (χ2n) is 5.65. The molecule has 0 unspecified atom stereocenters. The van der Waals surface area contributed by atoms with Crippen molar-refractivity contribution in [2.75, 3.05) is 13.2 Å². The van der Waals surface area contributed by atoms with E-state index in [0.717, 1.165) is 15.2 Å². The Morgan fingerprint density at radius 3 is 2.69 bits per heavy atom. The average molecular weight is 421 g/mol. The van der Waals surface area contributed by atoms with Crippen LogP contribution in [0.1, 0.15) is 20.8 Å². The van der Waals surface area contributed by atoms with E-state index in [4.69, 9.17) is 9.47 Å². The van der Waals surface area contributed by atoms with Crippen LogP contribution in [0, 0.1) is 5.92 Å². The van der Waals surface area contributed by atoms with Crippen LogP contribution >= 0.6 is 15.9 Å². The van der Waals surface area contributed by atoms with Crippen LogP contribution in [0.2, 0.25) is 0 Å². The number of hydrogen-bond acceptors (Lipinski definition) is 5. The second kappa shape index (κ2) is 9.33. The summed E-state index contributed by atoms with van der Waals surface area (Å²) in [5.41, 5.74) is 2.85. The Kier molecular flexibility index (Phi) is 7.15. The van der Waals surface area contributed by atoms with Crippen molar-refractivity contribution in [3.8, 4) is 5.75 Å². The van der Waals surface area contributed by atoms with Gasteiger partial charge in [-0.15, -0.1) is 0 Å². The molecule has 26 heavy (non-hydrogen) atoms. The number of carbonyl (C=O) groups excluding carboxylic acids is 2. The van der Waals surface area contributed by atoms with Crippen molar-refractivity contribution >= 4 is 44.3 Å². The van der Waals surface area contributed by atoms with E-state index in [0.29, 0.717) is 18.1 Å². The van der Waals surface area contributed by atoms with Gasteiger partial charge in [-0.05, 0) is 53.5 Å². The van der Waals surface area contributed by atoms with Crippen LogP contribution < -0.4 is 10.2 Å². The van der Waals surface area contributed by atoms with Gasteiger partial charge >= 0.3 is 5.97 Å². The number of ether oxygens (including phenoxy) is 2. The fraction of sp³-hybridized carbons (Fsp3) is 0.316. The summed E-state index contributed by atoms with van der Waals surface area (Å²) in [6, 6.07) is 11.6. The SMILES string of the molecule is CCOC(=O)[C@@H](C)/C(C)=N/NC(=O)COc1ccc2ccccc2c1Br. The van der Waals surface area contributed by atoms with Crippen LogP contribution in [-0.4, -0.2) is 30.8 Å². The zero-order chi connectivity index (χ0) is 19.1. The summed E-state index contributed by atoms with van der Waals surface area (Å²) in [7, 11) is 0. The number of benzene rings is 2. The highest BCUT2D eigenvalue weighted by Crippen LogP contribution is 2.32. The molecule has 1 atom stereocenters. The molecule has 0 heterocycles. The molecule has 7 heteroatoms. The Morgan fingerprint density at radius 2 is 1.96 bits per heavy atom. The van der Waals surface area contributed by atoms with E-state index in [2.05, 4.69) is 26.5 Å². The molecule has 138 valence electrons. The van der Waals surface area contributed by atoms with Crippen LogP contribution in [0.4, 0.5) is 0 Å². The molecular weight excluding hydrogens is 400 g/mol. The Labute approximate surface area is 160 Å². The first-order valence-electron chi connectivity index (χ1n) is 8.23. The van der Waals surface area contributed by atoms with Gasteiger partial charge in [0.05, 0.1) is 17.0 Å². The molecule has 0 aliphatic rings. The topological polar surface area (TPSA) is 77.0 Å². The minimum atomic E-state index is -0.522. The Hall–Kier alpha value is -2.41. The third kappa shape index (κ3) is 5.05. The summed E-state index contributed by atoms with van der Waals surface area (Å²) in [5, 5.41) is 6.01. The second-order valence-corrected chi connectivity index (χ2v) is 6.44. The number of carbonyl (C=O) groups is 2. The molecular formula is C19H21BrN2O4. The number of halogens is 1. The van der Waals surface area contributed by atoms with Crippen molar-refractivity contribution in [2.24, 2.45) is 11.0 Å². The molecule has 0 radical (unpaired) electrons. The van der Waals surface area contributed by atoms with Gasteiger partial charge in [-0.2, -0.15) is 5.10 Å². The lowest BCUT2D eigenvalue weighted by Crippen LogP contribution is -2.28. The molecule has 0 fully saturated rings. The van der Waals surface area contributed by atoms with Crippen LogP contribution in [0.5, 0.6) is 5.75 Å². The van der Waals surface area contributed by atoms with Gasteiger partial charge in [-0.1, -0.05) is 30.3 Å². The lowest BCUT2D eigenvalue weighted by molar-refractivity contribution is -0.145. The summed E-state index contributed by atoms with van der Waals surface area (Å²) in [5.74, 6) is -0.745. The van der Waals surface area contributed by atoms with Crippen LogP contribution in [0.25, 0.3) is 10.8 Å². The number of rotatable bonds is 7. The standard InChI is InChI=1S/C19H21BrN2O4/c1-4-25-19(24)12(2)13(3)21-22-17(23)11-26-16-10-9-14-7-5-6-8-15(14)18(16)20/h5-10,12H,4,11H2,1-3H3,(H,22,23)/b21-13+/t12-/m0/s1. The van der Waals surface area contributed by atoms with E-state index < -0.39 is 11.8 Å². The summed E-state index contributed by atoms with van der Waals surface area (Å²) >= 11 is 3.51. The molecule has 0 saturated carbocycles. The first-order chi connectivity index (χ1) is 12.4. The first-order valence-corrected chi connectivity index (χ1v) is 9.03. The Balaban J connectivity index is 1.94. The predicted octanol–water partition coefficient (Wildman–Crippen LogP) is 3.67. The molecule has 6 nitrogen and oxygen atoms in total. The quantitative estimate of drug-likeness (QED) is 0.421. The van der Waals surface area contributed by atoms with Crippen molar-refractivity contribution in [3.05, 3.63) is 40.9 Å². The lowest BCUT2D eigenvalue weighted by atomic mass is 10.1. The minimum Gasteiger partial charge on any atom is -0.483 e. The van der Waals surface area contributed by atoms with Crippen molar-refractivity contribution in [1.82, 2.24) is 5.43 Å². The summed E-state index contributed by atoms with van der Waals surface area (Å²) in [4.78, 5) is 23.6. The van der Waals surface area contributed by atoms with Crippen LogP contribution in [0.15, 0.2) is 46.0 Å². The fourth-order valence-corrected chi connectivity index (χ4v) is 2.79. The molecule has 2 aromatic carbocycles. The van der Waals surface area contributed by atoms with Crippen molar-refractivity contribution < 1.29 is 19.1 Å². The molecule has 2 rings (SSSR count). The third-order valence-corrected chi connectivity index (χ3v) is 4.63. The molecule has 0 spiro atoms. The maximum absolute atomic E-state index is 11.9. The van der Waals surface area contributed by atoms with Gasteiger partial charge in [0, 0.05) is 5.71 Å². The van der Waals surface area contributed by atoms with Gasteiger partial charge < -0.3 is 9.47 Å². The average Bonchev–Trinajstić information content (AvgIpc) is 2.65. The molecule has 1 N–H and O–H groups in total. The van der Waals surface area contributed by atoms with Crippen molar-refractivity contribution in [1.29, 1.82) is 0 Å². The van der Waals surface area contributed by atoms with Gasteiger partial charge in [-0.25, -0.2) is 5.43 Å². The summed E-state index contributed by atoms with van der Waals surface area (Å²) in [6.07, 6.45) is 0. The molecule has 0 bridgehead atoms. The molecule has 0 aromatic heterocycles.